The lowest BCUT2D eigenvalue weighted by Gasteiger charge is -2.36. The van der Waals surface area contributed by atoms with Gasteiger partial charge in [-0.1, -0.05) is 48.0 Å². The lowest BCUT2D eigenvalue weighted by molar-refractivity contribution is -0.136. The average Bonchev–Trinajstić information content (AvgIpc) is 3.49. The van der Waals surface area contributed by atoms with Crippen molar-refractivity contribution in [2.75, 3.05) is 76.6 Å². The fourth-order valence-corrected chi connectivity index (χ4v) is 9.27. The van der Waals surface area contributed by atoms with Gasteiger partial charge in [0.1, 0.15) is 24.8 Å². The first kappa shape index (κ1) is 42.5. The molecule has 15 nitrogen and oxygen atoms in total. The number of hydrogen-bond acceptors (Lipinski definition) is 12. The molecule has 0 radical (unpaired) electrons. The van der Waals surface area contributed by atoms with E-state index in [1.165, 1.54) is 0 Å². The molecule has 2 N–H and O–H groups in total. The lowest BCUT2D eigenvalue weighted by atomic mass is 10.0. The number of nitrogens with zero attached hydrogens (tertiary/aromatic N) is 5. The number of fused-ring (bicyclic) bond motifs is 1. The predicted octanol–water partition coefficient (Wildman–Crippen LogP) is 4.14. The van der Waals surface area contributed by atoms with Crippen molar-refractivity contribution < 1.29 is 38.0 Å². The molecular weight excluding hydrogens is 809 g/mol. The summed E-state index contributed by atoms with van der Waals surface area (Å²) in [5, 5.41) is 6.61. The SMILES string of the molecule is COc1cc(N2CCN(C(=O)CCOCCNc3cccc4c3C(=O)N(C3CCC(=O)NC3=O)C4=O)CC2)ccc1Cc1ncc(Cl)c(Cc2ccccc2P(C)(C)=O)n1. The Bertz CT molecular complexity index is 2380. The second-order valence-electron chi connectivity index (χ2n) is 15.2. The number of nitrogens with one attached hydrogen (secondary N) is 2. The molecule has 314 valence electrons. The van der Waals surface area contributed by atoms with Gasteiger partial charge in [0.2, 0.25) is 17.7 Å². The number of hydrogen-bond donors (Lipinski definition) is 2. The van der Waals surface area contributed by atoms with Crippen molar-refractivity contribution in [3.8, 4) is 5.75 Å². The molecule has 5 amide bonds. The molecule has 0 aliphatic carbocycles. The van der Waals surface area contributed by atoms with Gasteiger partial charge in [-0.2, -0.15) is 0 Å². The number of aromatic nitrogens is 2. The monoisotopic (exact) mass is 855 g/mol. The molecule has 0 bridgehead atoms. The summed E-state index contributed by atoms with van der Waals surface area (Å²) in [6.45, 7) is 6.72. The smallest absolute Gasteiger partial charge is 0.264 e. The van der Waals surface area contributed by atoms with Gasteiger partial charge in [-0.3, -0.25) is 34.2 Å². The molecule has 2 saturated heterocycles. The lowest BCUT2D eigenvalue weighted by Crippen LogP contribution is -2.54. The van der Waals surface area contributed by atoms with E-state index in [-0.39, 0.29) is 49.5 Å². The number of anilines is 2. The maximum atomic E-state index is 13.3. The summed E-state index contributed by atoms with van der Waals surface area (Å²) in [7, 11) is -0.868. The number of methoxy groups -OCH3 is 1. The second kappa shape index (κ2) is 18.3. The summed E-state index contributed by atoms with van der Waals surface area (Å²) < 4.78 is 24.5. The summed E-state index contributed by atoms with van der Waals surface area (Å²) in [5.41, 5.74) is 4.30. The molecule has 3 aromatic carbocycles. The van der Waals surface area contributed by atoms with Gasteiger partial charge in [0, 0.05) is 86.5 Å². The highest BCUT2D eigenvalue weighted by Crippen LogP contribution is 2.37. The highest BCUT2D eigenvalue weighted by atomic mass is 35.5. The first-order valence-corrected chi connectivity index (χ1v) is 22.8. The Balaban J connectivity index is 0.860. The van der Waals surface area contributed by atoms with Crippen molar-refractivity contribution in [3.05, 3.63) is 106 Å². The highest BCUT2D eigenvalue weighted by Gasteiger charge is 2.45. The van der Waals surface area contributed by atoms with Crippen LogP contribution in [0, 0.1) is 0 Å². The Labute approximate surface area is 353 Å². The maximum absolute atomic E-state index is 13.3. The summed E-state index contributed by atoms with van der Waals surface area (Å²) in [4.78, 5) is 77.7. The molecule has 3 aliphatic rings. The first-order chi connectivity index (χ1) is 28.8. The molecule has 3 aliphatic heterocycles. The van der Waals surface area contributed by atoms with Crippen LogP contribution in [-0.2, 0) is 36.5 Å². The number of carbonyl (C=O) groups is 5. The van der Waals surface area contributed by atoms with Crippen LogP contribution in [0.1, 0.15) is 62.6 Å². The first-order valence-electron chi connectivity index (χ1n) is 19.8. The van der Waals surface area contributed by atoms with E-state index in [0.29, 0.717) is 73.5 Å². The molecular formula is C43H47ClN7O8P. The number of rotatable bonds is 15. The Kier molecular flexibility index (Phi) is 13.0. The molecule has 0 spiro atoms. The van der Waals surface area contributed by atoms with Crippen molar-refractivity contribution in [1.82, 2.24) is 25.1 Å². The van der Waals surface area contributed by atoms with Crippen LogP contribution in [0.2, 0.25) is 5.02 Å². The largest absolute Gasteiger partial charge is 0.496 e. The minimum absolute atomic E-state index is 0.00158. The summed E-state index contributed by atoms with van der Waals surface area (Å²) in [6, 6.07) is 17.5. The quantitative estimate of drug-likeness (QED) is 0.0994. The normalized spacial score (nSPS) is 16.9. The molecule has 60 heavy (non-hydrogen) atoms. The molecule has 1 atom stereocenters. The Hall–Kier alpha value is -5.63. The van der Waals surface area contributed by atoms with Crippen LogP contribution in [0.5, 0.6) is 5.75 Å². The number of benzene rings is 3. The van der Waals surface area contributed by atoms with E-state index in [0.717, 1.165) is 27.0 Å². The van der Waals surface area contributed by atoms with Gasteiger partial charge in [0.25, 0.3) is 11.8 Å². The van der Waals surface area contributed by atoms with Gasteiger partial charge in [0.05, 0.1) is 48.6 Å². The fraction of sp³-hybridized carbons (Fsp3) is 0.372. The van der Waals surface area contributed by atoms with Crippen LogP contribution in [0.3, 0.4) is 0 Å². The minimum atomic E-state index is -2.50. The summed E-state index contributed by atoms with van der Waals surface area (Å²) >= 11 is 6.53. The van der Waals surface area contributed by atoms with E-state index in [1.54, 1.807) is 44.8 Å². The van der Waals surface area contributed by atoms with Crippen LogP contribution in [-0.4, -0.2) is 122 Å². The van der Waals surface area contributed by atoms with E-state index >= 15 is 0 Å². The molecule has 4 heterocycles. The summed E-state index contributed by atoms with van der Waals surface area (Å²) in [5.74, 6) is -0.956. The topological polar surface area (TPSA) is 180 Å². The van der Waals surface area contributed by atoms with Crippen LogP contribution in [0.4, 0.5) is 11.4 Å². The van der Waals surface area contributed by atoms with Crippen molar-refractivity contribution in [2.45, 2.75) is 38.1 Å². The maximum Gasteiger partial charge on any atom is 0.264 e. The minimum Gasteiger partial charge on any atom is -0.496 e. The number of imide groups is 2. The fourth-order valence-electron chi connectivity index (χ4n) is 7.82. The zero-order valence-electron chi connectivity index (χ0n) is 33.7. The molecule has 4 aromatic rings. The van der Waals surface area contributed by atoms with E-state index < -0.39 is 36.8 Å². The van der Waals surface area contributed by atoms with E-state index in [9.17, 15) is 28.5 Å². The molecule has 0 saturated carbocycles. The van der Waals surface area contributed by atoms with Crippen molar-refractivity contribution in [3.63, 3.8) is 0 Å². The standard InChI is InChI=1S/C43H47ClN7O8P/c1-58-35-25-29(12-11-27(35)24-37-46-26-31(44)33(47-37)23-28-7-4-5-10-36(28)60(2,3)57)49-17-19-50(20-18-49)39(53)15-21-59-22-16-45-32-9-6-8-30-40(32)43(56)51(42(30)55)34-13-14-38(52)48-41(34)54/h4-12,25-26,34,45H,13-24H2,1-3H3,(H,48,52,54). The van der Waals surface area contributed by atoms with Crippen LogP contribution >= 0.6 is 18.7 Å². The number of ether oxygens (including phenoxy) is 2. The third-order valence-corrected chi connectivity index (χ3v) is 12.8. The number of piperidine rings is 1. The molecule has 1 unspecified atom stereocenters. The zero-order chi connectivity index (χ0) is 42.6. The molecule has 2 fully saturated rings. The van der Waals surface area contributed by atoms with E-state index in [2.05, 4.69) is 20.5 Å². The Morgan fingerprint density at radius 2 is 1.73 bits per heavy atom. The zero-order valence-corrected chi connectivity index (χ0v) is 35.4. The van der Waals surface area contributed by atoms with Crippen LogP contribution in [0.15, 0.2) is 66.9 Å². The van der Waals surface area contributed by atoms with E-state index in [4.69, 9.17) is 26.1 Å². The third kappa shape index (κ3) is 9.38. The van der Waals surface area contributed by atoms with Gasteiger partial charge in [-0.15, -0.1) is 0 Å². The molecule has 17 heteroatoms. The van der Waals surface area contributed by atoms with Gasteiger partial charge >= 0.3 is 0 Å². The predicted molar refractivity (Wildman–Crippen MR) is 227 cm³/mol. The summed E-state index contributed by atoms with van der Waals surface area (Å²) in [6.07, 6.45) is 2.82. The van der Waals surface area contributed by atoms with Crippen LogP contribution < -0.4 is 25.6 Å². The average molecular weight is 856 g/mol. The van der Waals surface area contributed by atoms with Crippen LogP contribution in [0.25, 0.3) is 0 Å². The Morgan fingerprint density at radius 3 is 2.48 bits per heavy atom. The second-order valence-corrected chi connectivity index (χ2v) is 18.8. The van der Waals surface area contributed by atoms with Gasteiger partial charge < -0.3 is 29.2 Å². The van der Waals surface area contributed by atoms with Crippen molar-refractivity contribution >= 4 is 65.0 Å². The molecule has 7 rings (SSSR count). The highest BCUT2D eigenvalue weighted by molar-refractivity contribution is 7.70. The van der Waals surface area contributed by atoms with Crippen molar-refractivity contribution in [2.24, 2.45) is 0 Å². The molecule has 1 aromatic heterocycles. The van der Waals surface area contributed by atoms with E-state index in [1.807, 2.05) is 47.4 Å². The van der Waals surface area contributed by atoms with Crippen molar-refractivity contribution in [1.29, 1.82) is 0 Å². The van der Waals surface area contributed by atoms with Gasteiger partial charge in [-0.25, -0.2) is 9.97 Å². The number of carbonyl (C=O) groups excluding carboxylic acids is 5. The van der Waals surface area contributed by atoms with Gasteiger partial charge in [-0.05, 0) is 43.5 Å². The third-order valence-electron chi connectivity index (χ3n) is 10.9. The Morgan fingerprint density at radius 1 is 0.950 bits per heavy atom. The van der Waals surface area contributed by atoms with Gasteiger partial charge in [0.15, 0.2) is 0 Å². The number of piperazine rings is 1. The number of amides is 5. The number of halogens is 1.